The molecule has 2 rings (SSSR count). The van der Waals surface area contributed by atoms with Gasteiger partial charge in [-0.15, -0.1) is 0 Å². The first-order chi connectivity index (χ1) is 9.54. The van der Waals surface area contributed by atoms with Crippen LogP contribution in [0.3, 0.4) is 0 Å². The van der Waals surface area contributed by atoms with E-state index in [1.54, 1.807) is 0 Å². The van der Waals surface area contributed by atoms with Gasteiger partial charge in [0, 0.05) is 13.1 Å². The van der Waals surface area contributed by atoms with E-state index in [1.807, 2.05) is 0 Å². The fourth-order valence-corrected chi connectivity index (χ4v) is 3.11. The Bertz CT molecular complexity index is 386. The van der Waals surface area contributed by atoms with E-state index >= 15 is 0 Å². The summed E-state index contributed by atoms with van der Waals surface area (Å²) in [5, 5.41) is 0. The van der Waals surface area contributed by atoms with Gasteiger partial charge < -0.3 is 4.90 Å². The van der Waals surface area contributed by atoms with Crippen molar-refractivity contribution >= 4 is 0 Å². The Morgan fingerprint density at radius 1 is 1.10 bits per heavy atom. The highest BCUT2D eigenvalue weighted by Gasteiger charge is 2.19. The molecule has 0 saturated carbocycles. The van der Waals surface area contributed by atoms with Crippen molar-refractivity contribution in [2.24, 2.45) is 5.92 Å². The van der Waals surface area contributed by atoms with Crippen LogP contribution in [-0.4, -0.2) is 43.5 Å². The van der Waals surface area contributed by atoms with E-state index in [0.717, 1.165) is 12.5 Å². The Hall–Kier alpha value is -0.860. The number of benzene rings is 1. The molecule has 0 atom stereocenters. The van der Waals surface area contributed by atoms with Crippen LogP contribution >= 0.6 is 0 Å². The molecule has 1 fully saturated rings. The minimum atomic E-state index is 0.630. The van der Waals surface area contributed by atoms with E-state index in [-0.39, 0.29) is 0 Å². The van der Waals surface area contributed by atoms with E-state index in [0.29, 0.717) is 5.92 Å². The summed E-state index contributed by atoms with van der Waals surface area (Å²) >= 11 is 0. The molecule has 1 aliphatic heterocycles. The van der Waals surface area contributed by atoms with Crippen LogP contribution in [0.15, 0.2) is 24.3 Å². The molecule has 1 heterocycles. The zero-order valence-corrected chi connectivity index (χ0v) is 13.6. The van der Waals surface area contributed by atoms with Crippen molar-refractivity contribution in [3.63, 3.8) is 0 Å². The van der Waals surface area contributed by atoms with Crippen LogP contribution in [0.2, 0.25) is 0 Å². The molecule has 1 aromatic carbocycles. The van der Waals surface area contributed by atoms with Crippen LogP contribution in [0.4, 0.5) is 0 Å². The maximum absolute atomic E-state index is 2.61. The molecule has 0 amide bonds. The molecule has 0 N–H and O–H groups in total. The first-order valence-electron chi connectivity index (χ1n) is 8.00. The van der Waals surface area contributed by atoms with E-state index in [1.165, 1.54) is 43.6 Å². The zero-order valence-electron chi connectivity index (χ0n) is 13.6. The normalized spacial score (nSPS) is 18.1. The molecule has 0 bridgehead atoms. The Balaban J connectivity index is 1.80. The van der Waals surface area contributed by atoms with Gasteiger partial charge in [-0.2, -0.15) is 0 Å². The van der Waals surface area contributed by atoms with Gasteiger partial charge in [-0.3, -0.25) is 4.90 Å². The van der Waals surface area contributed by atoms with Gasteiger partial charge in [0.25, 0.3) is 0 Å². The predicted octanol–water partition coefficient (Wildman–Crippen LogP) is 3.58. The van der Waals surface area contributed by atoms with Crippen LogP contribution in [0.1, 0.15) is 43.7 Å². The summed E-state index contributed by atoms with van der Waals surface area (Å²) in [6, 6.07) is 9.19. The van der Waals surface area contributed by atoms with Crippen molar-refractivity contribution in [2.45, 2.75) is 39.2 Å². The average molecular weight is 274 g/mol. The molecule has 2 heteroatoms. The van der Waals surface area contributed by atoms with Gasteiger partial charge >= 0.3 is 0 Å². The molecular formula is C18H30N2. The summed E-state index contributed by atoms with van der Waals surface area (Å²) in [5.41, 5.74) is 2.90. The second kappa shape index (κ2) is 7.24. The largest absolute Gasteiger partial charge is 0.309 e. The van der Waals surface area contributed by atoms with E-state index in [2.05, 4.69) is 62.0 Å². The third-order valence-electron chi connectivity index (χ3n) is 4.38. The molecule has 1 aromatic rings. The summed E-state index contributed by atoms with van der Waals surface area (Å²) in [5.74, 6) is 1.52. The molecule has 20 heavy (non-hydrogen) atoms. The number of rotatable bonds is 5. The second-order valence-electron chi connectivity index (χ2n) is 6.88. The van der Waals surface area contributed by atoms with Crippen LogP contribution in [0.25, 0.3) is 0 Å². The zero-order chi connectivity index (χ0) is 14.5. The molecule has 112 valence electrons. The minimum Gasteiger partial charge on any atom is -0.309 e. The summed E-state index contributed by atoms with van der Waals surface area (Å²) < 4.78 is 0. The second-order valence-corrected chi connectivity index (χ2v) is 6.88. The monoisotopic (exact) mass is 274 g/mol. The molecule has 0 aliphatic carbocycles. The van der Waals surface area contributed by atoms with Crippen LogP contribution in [0, 0.1) is 5.92 Å². The Morgan fingerprint density at radius 2 is 1.70 bits per heavy atom. The topological polar surface area (TPSA) is 6.48 Å². The minimum absolute atomic E-state index is 0.630. The van der Waals surface area contributed by atoms with Crippen molar-refractivity contribution < 1.29 is 0 Å². The highest BCUT2D eigenvalue weighted by atomic mass is 15.1. The standard InChI is InChI=1S/C18H30N2/c1-15(2)18-7-5-16(6-8-18)14-20-11-9-17(10-12-20)13-19(3)4/h5-8,15,17H,9-14H2,1-4H3. The van der Waals surface area contributed by atoms with Crippen molar-refractivity contribution in [1.82, 2.24) is 9.80 Å². The molecule has 0 radical (unpaired) electrons. The molecule has 0 spiro atoms. The summed E-state index contributed by atoms with van der Waals surface area (Å²) in [7, 11) is 4.37. The quantitative estimate of drug-likeness (QED) is 0.809. The highest BCUT2D eigenvalue weighted by Crippen LogP contribution is 2.20. The lowest BCUT2D eigenvalue weighted by Gasteiger charge is -2.33. The molecule has 2 nitrogen and oxygen atoms in total. The number of nitrogens with zero attached hydrogens (tertiary/aromatic N) is 2. The lowest BCUT2D eigenvalue weighted by molar-refractivity contribution is 0.157. The van der Waals surface area contributed by atoms with Gasteiger partial charge in [-0.05, 0) is 63.0 Å². The third-order valence-corrected chi connectivity index (χ3v) is 4.38. The van der Waals surface area contributed by atoms with Crippen molar-refractivity contribution in [2.75, 3.05) is 33.7 Å². The first-order valence-corrected chi connectivity index (χ1v) is 8.00. The number of piperidine rings is 1. The first kappa shape index (κ1) is 15.5. The molecule has 0 unspecified atom stereocenters. The summed E-state index contributed by atoms with van der Waals surface area (Å²) in [4.78, 5) is 4.93. The summed E-state index contributed by atoms with van der Waals surface area (Å²) in [6.07, 6.45) is 2.70. The van der Waals surface area contributed by atoms with Gasteiger partial charge in [0.05, 0.1) is 0 Å². The SMILES string of the molecule is CC(C)c1ccc(CN2CCC(CN(C)C)CC2)cc1. The van der Waals surface area contributed by atoms with Crippen molar-refractivity contribution in [3.8, 4) is 0 Å². The Morgan fingerprint density at radius 3 is 2.20 bits per heavy atom. The lowest BCUT2D eigenvalue weighted by Crippen LogP contribution is -2.36. The molecule has 1 aliphatic rings. The van der Waals surface area contributed by atoms with Crippen molar-refractivity contribution in [3.05, 3.63) is 35.4 Å². The van der Waals surface area contributed by atoms with Crippen LogP contribution in [0.5, 0.6) is 0 Å². The fraction of sp³-hybridized carbons (Fsp3) is 0.667. The highest BCUT2D eigenvalue weighted by molar-refractivity contribution is 5.24. The van der Waals surface area contributed by atoms with Crippen LogP contribution < -0.4 is 0 Å². The third kappa shape index (κ3) is 4.60. The predicted molar refractivity (Wildman–Crippen MR) is 87.1 cm³/mol. The maximum atomic E-state index is 2.61. The molecule has 1 saturated heterocycles. The Kier molecular flexibility index (Phi) is 5.62. The van der Waals surface area contributed by atoms with E-state index < -0.39 is 0 Å². The van der Waals surface area contributed by atoms with Crippen molar-refractivity contribution in [1.29, 1.82) is 0 Å². The molecular weight excluding hydrogens is 244 g/mol. The van der Waals surface area contributed by atoms with Gasteiger partial charge in [-0.1, -0.05) is 38.1 Å². The van der Waals surface area contributed by atoms with E-state index in [9.17, 15) is 0 Å². The van der Waals surface area contributed by atoms with Gasteiger partial charge in [0.1, 0.15) is 0 Å². The average Bonchev–Trinajstić information content (AvgIpc) is 2.41. The van der Waals surface area contributed by atoms with E-state index in [4.69, 9.17) is 0 Å². The smallest absolute Gasteiger partial charge is 0.0233 e. The van der Waals surface area contributed by atoms with Crippen LogP contribution in [-0.2, 0) is 6.54 Å². The van der Waals surface area contributed by atoms with Gasteiger partial charge in [0.2, 0.25) is 0 Å². The fourth-order valence-electron chi connectivity index (χ4n) is 3.11. The maximum Gasteiger partial charge on any atom is 0.0233 e. The number of hydrogen-bond acceptors (Lipinski definition) is 2. The Labute approximate surface area is 124 Å². The van der Waals surface area contributed by atoms with Gasteiger partial charge in [-0.25, -0.2) is 0 Å². The number of hydrogen-bond donors (Lipinski definition) is 0. The van der Waals surface area contributed by atoms with Gasteiger partial charge in [0.15, 0.2) is 0 Å². The number of likely N-dealkylation sites (tertiary alicyclic amines) is 1. The molecule has 0 aromatic heterocycles. The summed E-state index contributed by atoms with van der Waals surface area (Å²) in [6.45, 7) is 9.38. The lowest BCUT2D eigenvalue weighted by atomic mass is 9.96.